The number of nitrogens with one attached hydrogen (secondary N) is 1. The van der Waals surface area contributed by atoms with Crippen LogP contribution in [0.1, 0.15) is 22.3 Å². The van der Waals surface area contributed by atoms with Crippen molar-refractivity contribution in [3.05, 3.63) is 88.4 Å². The highest BCUT2D eigenvalue weighted by Gasteiger charge is 2.10. The van der Waals surface area contributed by atoms with Crippen LogP contribution in [-0.4, -0.2) is 32.8 Å². The average Bonchev–Trinajstić information content (AvgIpc) is 2.79. The van der Waals surface area contributed by atoms with E-state index in [1.165, 1.54) is 5.56 Å². The summed E-state index contributed by atoms with van der Waals surface area (Å²) in [6.07, 6.45) is 1.93. The Morgan fingerprint density at radius 2 is 1.68 bits per heavy atom. The van der Waals surface area contributed by atoms with Gasteiger partial charge in [0.15, 0.2) is 0 Å². The number of anilines is 1. The number of rotatable bonds is 11. The average molecular weight is 484 g/mol. The zero-order valence-electron chi connectivity index (χ0n) is 17.5. The van der Waals surface area contributed by atoms with Crippen LogP contribution in [0.2, 0.25) is 0 Å². The Bertz CT molecular complexity index is 961. The minimum absolute atomic E-state index is 0.194. The zero-order valence-corrected chi connectivity index (χ0v) is 19.1. The van der Waals surface area contributed by atoms with Crippen LogP contribution in [0, 0.1) is 0 Å². The molecule has 0 fully saturated rings. The fraction of sp³-hybridized carbons (Fsp3) is 0.240. The summed E-state index contributed by atoms with van der Waals surface area (Å²) < 4.78 is 17.1. The van der Waals surface area contributed by atoms with Gasteiger partial charge in [0.05, 0.1) is 17.7 Å². The molecule has 3 rings (SSSR count). The summed E-state index contributed by atoms with van der Waals surface area (Å²) in [5.74, 6) is 1.26. The van der Waals surface area contributed by atoms with Crippen molar-refractivity contribution >= 4 is 27.5 Å². The van der Waals surface area contributed by atoms with Crippen LogP contribution < -0.4 is 14.8 Å². The summed E-state index contributed by atoms with van der Waals surface area (Å²) >= 11 is 3.44. The van der Waals surface area contributed by atoms with Crippen LogP contribution in [-0.2, 0) is 11.2 Å². The van der Waals surface area contributed by atoms with Crippen LogP contribution in [0.4, 0.5) is 5.69 Å². The Morgan fingerprint density at radius 1 is 0.903 bits per heavy atom. The van der Waals surface area contributed by atoms with Gasteiger partial charge in [0.1, 0.15) is 18.1 Å². The lowest BCUT2D eigenvalue weighted by atomic mass is 10.1. The molecule has 0 radical (unpaired) electrons. The fourth-order valence-corrected chi connectivity index (χ4v) is 3.44. The summed E-state index contributed by atoms with van der Waals surface area (Å²) in [6, 6.07) is 23.0. The lowest BCUT2D eigenvalue weighted by Gasteiger charge is -2.11. The van der Waals surface area contributed by atoms with Gasteiger partial charge < -0.3 is 19.5 Å². The third kappa shape index (κ3) is 7.42. The lowest BCUT2D eigenvalue weighted by Crippen LogP contribution is -2.12. The van der Waals surface area contributed by atoms with Crippen molar-refractivity contribution in [1.82, 2.24) is 0 Å². The number of ether oxygens (including phenoxy) is 3. The number of carbonyl (C=O) groups excluding carboxylic acids is 1. The van der Waals surface area contributed by atoms with E-state index in [1.54, 1.807) is 25.3 Å². The maximum Gasteiger partial charge on any atom is 0.255 e. The number of hydrogen-bond acceptors (Lipinski definition) is 4. The molecule has 0 heterocycles. The van der Waals surface area contributed by atoms with Gasteiger partial charge in [-0.15, -0.1) is 0 Å². The van der Waals surface area contributed by atoms with Gasteiger partial charge in [0.2, 0.25) is 0 Å². The first-order valence-corrected chi connectivity index (χ1v) is 10.9. The molecule has 3 aromatic rings. The van der Waals surface area contributed by atoms with Crippen molar-refractivity contribution in [3.63, 3.8) is 0 Å². The second-order valence-electron chi connectivity index (χ2n) is 6.90. The van der Waals surface area contributed by atoms with Crippen molar-refractivity contribution in [3.8, 4) is 11.5 Å². The van der Waals surface area contributed by atoms with Gasteiger partial charge in [-0.25, -0.2) is 0 Å². The van der Waals surface area contributed by atoms with Crippen LogP contribution >= 0.6 is 15.9 Å². The van der Waals surface area contributed by atoms with E-state index in [4.69, 9.17) is 14.2 Å². The Balaban J connectivity index is 1.46. The summed E-state index contributed by atoms with van der Waals surface area (Å²) in [5.41, 5.74) is 2.55. The molecule has 0 aliphatic heterocycles. The van der Waals surface area contributed by atoms with Crippen molar-refractivity contribution in [2.24, 2.45) is 0 Å². The van der Waals surface area contributed by atoms with Gasteiger partial charge in [-0.3, -0.25) is 4.79 Å². The molecule has 0 spiro atoms. The second-order valence-corrected chi connectivity index (χ2v) is 7.76. The standard InChI is InChI=1S/C25H26BrNO4/c1-29-16-17-31-24-14-9-20(18-23(24)26)25(28)27-21-10-12-22(13-11-21)30-15-5-8-19-6-3-2-4-7-19/h2-4,6-7,9-14,18H,5,8,15-17H2,1H3,(H,27,28). The van der Waals surface area contributed by atoms with E-state index in [0.29, 0.717) is 36.8 Å². The molecule has 1 amide bonds. The van der Waals surface area contributed by atoms with Crippen molar-refractivity contribution in [2.45, 2.75) is 12.8 Å². The molecule has 3 aromatic carbocycles. The number of carbonyl (C=O) groups is 1. The van der Waals surface area contributed by atoms with Gasteiger partial charge in [-0.05, 0) is 76.8 Å². The number of hydrogen-bond donors (Lipinski definition) is 1. The van der Waals surface area contributed by atoms with E-state index in [9.17, 15) is 4.79 Å². The molecule has 0 unspecified atom stereocenters. The Hall–Kier alpha value is -2.83. The Labute approximate surface area is 191 Å². The predicted octanol–water partition coefficient (Wildman–Crippen LogP) is 5.74. The highest BCUT2D eigenvalue weighted by Crippen LogP contribution is 2.26. The first-order chi connectivity index (χ1) is 15.2. The third-order valence-electron chi connectivity index (χ3n) is 4.57. The number of benzene rings is 3. The molecule has 5 nitrogen and oxygen atoms in total. The molecule has 0 bridgehead atoms. The fourth-order valence-electron chi connectivity index (χ4n) is 2.94. The van der Waals surface area contributed by atoms with Crippen LogP contribution in [0.15, 0.2) is 77.3 Å². The van der Waals surface area contributed by atoms with E-state index in [2.05, 4.69) is 33.4 Å². The molecule has 0 aromatic heterocycles. The summed E-state index contributed by atoms with van der Waals surface area (Å²) in [4.78, 5) is 12.5. The van der Waals surface area contributed by atoms with Crippen LogP contribution in [0.5, 0.6) is 11.5 Å². The lowest BCUT2D eigenvalue weighted by molar-refractivity contribution is 0.102. The first-order valence-electron chi connectivity index (χ1n) is 10.1. The minimum Gasteiger partial charge on any atom is -0.494 e. The smallest absolute Gasteiger partial charge is 0.255 e. The molecular weight excluding hydrogens is 458 g/mol. The number of halogens is 1. The van der Waals surface area contributed by atoms with Gasteiger partial charge in [-0.2, -0.15) is 0 Å². The van der Waals surface area contributed by atoms with Gasteiger partial charge in [0, 0.05) is 18.4 Å². The largest absolute Gasteiger partial charge is 0.494 e. The maximum absolute atomic E-state index is 12.5. The molecule has 6 heteroatoms. The van der Waals surface area contributed by atoms with E-state index >= 15 is 0 Å². The number of aryl methyl sites for hydroxylation is 1. The minimum atomic E-state index is -0.194. The number of amides is 1. The third-order valence-corrected chi connectivity index (χ3v) is 5.19. The predicted molar refractivity (Wildman–Crippen MR) is 126 cm³/mol. The van der Waals surface area contributed by atoms with Crippen molar-refractivity contribution in [2.75, 3.05) is 32.2 Å². The first kappa shape index (κ1) is 22.8. The highest BCUT2D eigenvalue weighted by molar-refractivity contribution is 9.10. The van der Waals surface area contributed by atoms with E-state index in [-0.39, 0.29) is 5.91 Å². The Kier molecular flexibility index (Phi) is 8.94. The molecule has 31 heavy (non-hydrogen) atoms. The quantitative estimate of drug-likeness (QED) is 0.353. The van der Waals surface area contributed by atoms with Crippen molar-refractivity contribution < 1.29 is 19.0 Å². The van der Waals surface area contributed by atoms with Crippen LogP contribution in [0.25, 0.3) is 0 Å². The molecule has 0 saturated carbocycles. The highest BCUT2D eigenvalue weighted by atomic mass is 79.9. The van der Waals surface area contributed by atoms with Gasteiger partial charge in [-0.1, -0.05) is 30.3 Å². The number of methoxy groups -OCH3 is 1. The molecule has 0 saturated heterocycles. The van der Waals surface area contributed by atoms with Crippen molar-refractivity contribution in [1.29, 1.82) is 0 Å². The molecule has 162 valence electrons. The maximum atomic E-state index is 12.5. The van der Waals surface area contributed by atoms with Gasteiger partial charge >= 0.3 is 0 Å². The summed E-state index contributed by atoms with van der Waals surface area (Å²) in [5, 5.41) is 2.90. The van der Waals surface area contributed by atoms with Gasteiger partial charge in [0.25, 0.3) is 5.91 Å². The second kappa shape index (κ2) is 12.1. The molecule has 0 atom stereocenters. The zero-order chi connectivity index (χ0) is 21.9. The topological polar surface area (TPSA) is 56.8 Å². The van der Waals surface area contributed by atoms with E-state index in [0.717, 1.165) is 23.1 Å². The molecule has 0 aliphatic carbocycles. The SMILES string of the molecule is COCCOc1ccc(C(=O)Nc2ccc(OCCCc3ccccc3)cc2)cc1Br. The molecule has 0 aliphatic rings. The Morgan fingerprint density at radius 3 is 2.39 bits per heavy atom. The van der Waals surface area contributed by atoms with Crippen LogP contribution in [0.3, 0.4) is 0 Å². The van der Waals surface area contributed by atoms with E-state index < -0.39 is 0 Å². The summed E-state index contributed by atoms with van der Waals surface area (Å²) in [7, 11) is 1.62. The summed E-state index contributed by atoms with van der Waals surface area (Å²) in [6.45, 7) is 1.59. The molecular formula is C25H26BrNO4. The van der Waals surface area contributed by atoms with E-state index in [1.807, 2.05) is 42.5 Å². The normalized spacial score (nSPS) is 10.5. The molecule has 1 N–H and O–H groups in total. The monoisotopic (exact) mass is 483 g/mol.